The molecule has 0 bridgehead atoms. The third kappa shape index (κ3) is 2.50. The van der Waals surface area contributed by atoms with E-state index in [1.165, 1.54) is 10.8 Å². The van der Waals surface area contributed by atoms with Crippen molar-refractivity contribution in [3.8, 4) is 0 Å². The Morgan fingerprint density at radius 2 is 2.21 bits per heavy atom. The van der Waals surface area contributed by atoms with Crippen molar-refractivity contribution in [2.75, 3.05) is 5.48 Å². The minimum atomic E-state index is -0.548. The average Bonchev–Trinajstić information content (AvgIpc) is 2.47. The Labute approximate surface area is 82.2 Å². The van der Waals surface area contributed by atoms with E-state index in [0.717, 1.165) is 0 Å². The van der Waals surface area contributed by atoms with E-state index in [9.17, 15) is 4.79 Å². The molecule has 5 heteroatoms. The van der Waals surface area contributed by atoms with Crippen molar-refractivity contribution in [3.05, 3.63) is 18.3 Å². The van der Waals surface area contributed by atoms with E-state index < -0.39 is 11.7 Å². The summed E-state index contributed by atoms with van der Waals surface area (Å²) >= 11 is 0. The third-order valence-corrected chi connectivity index (χ3v) is 1.45. The van der Waals surface area contributed by atoms with Gasteiger partial charge in [-0.15, -0.1) is 0 Å². The molecule has 1 aromatic heterocycles. The fraction of sp³-hybridized carbons (Fsp3) is 0.444. The van der Waals surface area contributed by atoms with Crippen LogP contribution < -0.4 is 5.48 Å². The van der Waals surface area contributed by atoms with E-state index >= 15 is 0 Å². The summed E-state index contributed by atoms with van der Waals surface area (Å²) < 4.78 is 6.28. The zero-order chi connectivity index (χ0) is 10.8. The summed E-state index contributed by atoms with van der Waals surface area (Å²) in [6.07, 6.45) is 0.978. The highest BCUT2D eigenvalue weighted by molar-refractivity contribution is 5.75. The van der Waals surface area contributed by atoms with Gasteiger partial charge in [0, 0.05) is 6.20 Å². The lowest BCUT2D eigenvalue weighted by atomic mass is 10.2. The molecule has 0 aromatic carbocycles. The third-order valence-electron chi connectivity index (χ3n) is 1.45. The van der Waals surface area contributed by atoms with E-state index in [0.29, 0.717) is 0 Å². The first-order chi connectivity index (χ1) is 6.44. The van der Waals surface area contributed by atoms with Gasteiger partial charge in [-0.3, -0.25) is 10.7 Å². The topological polar surface area (TPSA) is 63.5 Å². The van der Waals surface area contributed by atoms with Crippen molar-refractivity contribution < 1.29 is 14.7 Å². The molecule has 0 aliphatic carbocycles. The molecule has 5 nitrogen and oxygen atoms in total. The largest absolute Gasteiger partial charge is 0.443 e. The van der Waals surface area contributed by atoms with Crippen LogP contribution in [0.25, 0.3) is 0 Å². The molecule has 2 N–H and O–H groups in total. The lowest BCUT2D eigenvalue weighted by Gasteiger charge is -2.20. The van der Waals surface area contributed by atoms with Gasteiger partial charge in [0.05, 0.1) is 0 Å². The molecule has 0 spiro atoms. The molecule has 0 aliphatic rings. The minimum absolute atomic E-state index is 0.277. The summed E-state index contributed by atoms with van der Waals surface area (Å²) in [6, 6.07) is 3.19. The van der Waals surface area contributed by atoms with Crippen molar-refractivity contribution in [1.82, 2.24) is 4.57 Å². The van der Waals surface area contributed by atoms with Gasteiger partial charge in [-0.05, 0) is 32.9 Å². The Morgan fingerprint density at radius 1 is 1.57 bits per heavy atom. The van der Waals surface area contributed by atoms with Gasteiger partial charge in [-0.25, -0.2) is 9.36 Å². The maximum atomic E-state index is 11.5. The summed E-state index contributed by atoms with van der Waals surface area (Å²) in [5, 5.41) is 8.68. The number of hydrogen-bond acceptors (Lipinski definition) is 4. The second kappa shape index (κ2) is 3.71. The standard InChI is InChI=1S/C9H14N2O3/c1-9(2,3)14-8(12)11-6-4-5-7(11)10-13/h4-6,10,13H,1-3H3. The Kier molecular flexibility index (Phi) is 2.81. The van der Waals surface area contributed by atoms with Gasteiger partial charge in [0.15, 0.2) is 0 Å². The van der Waals surface area contributed by atoms with Crippen LogP contribution in [0.2, 0.25) is 0 Å². The molecule has 0 atom stereocenters. The molecule has 0 amide bonds. The molecule has 14 heavy (non-hydrogen) atoms. The number of carbonyl (C=O) groups excluding carboxylic acids is 1. The maximum Gasteiger partial charge on any atom is 0.420 e. The molecule has 0 saturated carbocycles. The molecule has 0 radical (unpaired) electrons. The van der Waals surface area contributed by atoms with Gasteiger partial charge >= 0.3 is 6.09 Å². The number of nitrogens with one attached hydrogen (secondary N) is 1. The van der Waals surface area contributed by atoms with Crippen LogP contribution >= 0.6 is 0 Å². The van der Waals surface area contributed by atoms with Crippen LogP contribution in [0.4, 0.5) is 10.6 Å². The molecular weight excluding hydrogens is 184 g/mol. The first-order valence-corrected chi connectivity index (χ1v) is 4.25. The van der Waals surface area contributed by atoms with Gasteiger partial charge in [0.25, 0.3) is 0 Å². The lowest BCUT2D eigenvalue weighted by molar-refractivity contribution is 0.0538. The van der Waals surface area contributed by atoms with Crippen LogP contribution in [0.1, 0.15) is 20.8 Å². The summed E-state index contributed by atoms with van der Waals surface area (Å²) in [5.41, 5.74) is 1.36. The second-order valence-corrected chi connectivity index (χ2v) is 3.86. The highest BCUT2D eigenvalue weighted by Crippen LogP contribution is 2.13. The van der Waals surface area contributed by atoms with Crippen LogP contribution in [0.5, 0.6) is 0 Å². The van der Waals surface area contributed by atoms with Gasteiger partial charge in [0.1, 0.15) is 11.4 Å². The molecule has 1 rings (SSSR count). The van der Waals surface area contributed by atoms with Gasteiger partial charge in [-0.2, -0.15) is 0 Å². The highest BCUT2D eigenvalue weighted by Gasteiger charge is 2.18. The number of rotatable bonds is 1. The van der Waals surface area contributed by atoms with Gasteiger partial charge in [-0.1, -0.05) is 0 Å². The van der Waals surface area contributed by atoms with E-state index in [2.05, 4.69) is 0 Å². The summed E-state index contributed by atoms with van der Waals surface area (Å²) in [7, 11) is 0. The molecule has 78 valence electrons. The van der Waals surface area contributed by atoms with Crippen LogP contribution in [0.15, 0.2) is 18.3 Å². The molecule has 0 unspecified atom stereocenters. The van der Waals surface area contributed by atoms with Crippen LogP contribution in [0, 0.1) is 0 Å². The predicted molar refractivity (Wildman–Crippen MR) is 51.5 cm³/mol. The van der Waals surface area contributed by atoms with Crippen molar-refractivity contribution in [3.63, 3.8) is 0 Å². The molecule has 1 aromatic rings. The number of hydrogen-bond donors (Lipinski definition) is 2. The Hall–Kier alpha value is -1.49. The number of aromatic nitrogens is 1. The summed E-state index contributed by atoms with van der Waals surface area (Å²) in [4.78, 5) is 11.5. The van der Waals surface area contributed by atoms with E-state index in [4.69, 9.17) is 9.94 Å². The number of anilines is 1. The monoisotopic (exact) mass is 198 g/mol. The predicted octanol–water partition coefficient (Wildman–Crippen LogP) is 2.07. The fourth-order valence-corrected chi connectivity index (χ4v) is 0.942. The normalized spacial score (nSPS) is 11.1. The van der Waals surface area contributed by atoms with Crippen molar-refractivity contribution in [2.24, 2.45) is 0 Å². The van der Waals surface area contributed by atoms with Crippen LogP contribution in [0.3, 0.4) is 0 Å². The molecule has 1 heterocycles. The van der Waals surface area contributed by atoms with Crippen LogP contribution in [-0.2, 0) is 4.74 Å². The molecular formula is C9H14N2O3. The van der Waals surface area contributed by atoms with E-state index in [1.54, 1.807) is 32.9 Å². The van der Waals surface area contributed by atoms with Gasteiger partial charge < -0.3 is 4.74 Å². The second-order valence-electron chi connectivity index (χ2n) is 3.86. The highest BCUT2D eigenvalue weighted by atomic mass is 16.6. The van der Waals surface area contributed by atoms with Crippen molar-refractivity contribution >= 4 is 11.9 Å². The van der Waals surface area contributed by atoms with Crippen LogP contribution in [-0.4, -0.2) is 21.5 Å². The maximum absolute atomic E-state index is 11.5. The zero-order valence-corrected chi connectivity index (χ0v) is 8.44. The number of nitrogens with zero attached hydrogens (tertiary/aromatic N) is 1. The number of carbonyl (C=O) groups is 1. The van der Waals surface area contributed by atoms with E-state index in [-0.39, 0.29) is 5.82 Å². The number of ether oxygens (including phenoxy) is 1. The molecule has 0 aliphatic heterocycles. The lowest BCUT2D eigenvalue weighted by Crippen LogP contribution is -2.27. The van der Waals surface area contributed by atoms with Crippen molar-refractivity contribution in [1.29, 1.82) is 0 Å². The minimum Gasteiger partial charge on any atom is -0.443 e. The van der Waals surface area contributed by atoms with Gasteiger partial charge in [0.2, 0.25) is 0 Å². The zero-order valence-electron chi connectivity index (χ0n) is 8.44. The fourth-order valence-electron chi connectivity index (χ4n) is 0.942. The molecule has 0 fully saturated rings. The summed E-state index contributed by atoms with van der Waals surface area (Å²) in [6.45, 7) is 5.33. The Bertz CT molecular complexity index is 325. The SMILES string of the molecule is CC(C)(C)OC(=O)n1cccc1NO. The molecule has 0 saturated heterocycles. The Morgan fingerprint density at radius 3 is 2.71 bits per heavy atom. The van der Waals surface area contributed by atoms with Crippen molar-refractivity contribution in [2.45, 2.75) is 26.4 Å². The first kappa shape index (κ1) is 10.6. The summed E-state index contributed by atoms with van der Waals surface area (Å²) in [5.74, 6) is 0.277. The quantitative estimate of drug-likeness (QED) is 0.678. The average molecular weight is 198 g/mol. The first-order valence-electron chi connectivity index (χ1n) is 4.25. The van der Waals surface area contributed by atoms with E-state index in [1.807, 2.05) is 5.48 Å². The smallest absolute Gasteiger partial charge is 0.420 e. The Balaban J connectivity index is 2.80.